The minimum Gasteiger partial charge on any atom is -0.333 e. The highest BCUT2D eigenvalue weighted by Crippen LogP contribution is 2.27. The largest absolute Gasteiger partial charge is 0.333 e. The fourth-order valence-corrected chi connectivity index (χ4v) is 3.75. The van der Waals surface area contributed by atoms with E-state index in [0.717, 1.165) is 31.0 Å². The van der Waals surface area contributed by atoms with E-state index < -0.39 is 0 Å². The topological polar surface area (TPSA) is 41.4 Å². The van der Waals surface area contributed by atoms with Gasteiger partial charge in [0.15, 0.2) is 0 Å². The minimum absolute atomic E-state index is 0.0916. The fourth-order valence-electron chi connectivity index (χ4n) is 3.62. The van der Waals surface area contributed by atoms with Crippen LogP contribution in [0.5, 0.6) is 0 Å². The Labute approximate surface area is 160 Å². The number of carbonyl (C=O) groups is 1. The third kappa shape index (κ3) is 3.79. The number of piperazine rings is 1. The monoisotopic (exact) mass is 374 g/mol. The van der Waals surface area contributed by atoms with Crippen molar-refractivity contribution in [2.45, 2.75) is 33.4 Å². The lowest BCUT2D eigenvalue weighted by Crippen LogP contribution is -2.51. The van der Waals surface area contributed by atoms with Gasteiger partial charge in [0.2, 0.25) is 5.91 Å². The summed E-state index contributed by atoms with van der Waals surface area (Å²) in [6.07, 6.45) is 0. The molecule has 6 heteroatoms. The van der Waals surface area contributed by atoms with Crippen LogP contribution in [-0.2, 0) is 11.3 Å². The van der Waals surface area contributed by atoms with Crippen LogP contribution in [0.2, 0.25) is 5.02 Å². The number of hydrogen-bond donors (Lipinski definition) is 0. The molecule has 2 aromatic rings. The first-order valence-corrected chi connectivity index (χ1v) is 9.49. The Balaban J connectivity index is 1.78. The van der Waals surface area contributed by atoms with Crippen molar-refractivity contribution in [3.05, 3.63) is 52.3 Å². The summed E-state index contributed by atoms with van der Waals surface area (Å²) in [5, 5.41) is 5.16. The number of hydrogen-bond acceptors (Lipinski definition) is 3. The molecule has 0 unspecified atom stereocenters. The normalized spacial score (nSPS) is 19.6. The van der Waals surface area contributed by atoms with Crippen molar-refractivity contribution in [1.82, 2.24) is 19.6 Å². The van der Waals surface area contributed by atoms with Crippen molar-refractivity contribution in [3.63, 3.8) is 0 Å². The SMILES string of the molecule is Cc1nn(C[C@H](C)C(=O)N2CCN(C)C[C@H]2c2ccccc2)c(C)c1Cl. The third-order valence-corrected chi connectivity index (χ3v) is 5.76. The molecule has 2 atom stereocenters. The van der Waals surface area contributed by atoms with Gasteiger partial charge in [-0.15, -0.1) is 0 Å². The second kappa shape index (κ2) is 7.80. The van der Waals surface area contributed by atoms with Crippen molar-refractivity contribution in [3.8, 4) is 0 Å². The molecule has 3 rings (SSSR count). The van der Waals surface area contributed by atoms with Gasteiger partial charge in [-0.05, 0) is 26.5 Å². The quantitative estimate of drug-likeness (QED) is 0.824. The zero-order valence-corrected chi connectivity index (χ0v) is 16.7. The maximum atomic E-state index is 13.2. The molecule has 0 bridgehead atoms. The van der Waals surface area contributed by atoms with Gasteiger partial charge in [0.1, 0.15) is 0 Å². The fraction of sp³-hybridized carbons (Fsp3) is 0.500. The molecule has 1 aliphatic rings. The second-order valence-corrected chi connectivity index (χ2v) is 7.67. The Morgan fingerprint density at radius 1 is 1.27 bits per heavy atom. The van der Waals surface area contributed by atoms with E-state index in [-0.39, 0.29) is 17.9 Å². The maximum absolute atomic E-state index is 13.2. The molecule has 1 amide bonds. The number of carbonyl (C=O) groups excluding carboxylic acids is 1. The van der Waals surface area contributed by atoms with Gasteiger partial charge in [-0.1, -0.05) is 48.9 Å². The zero-order valence-electron chi connectivity index (χ0n) is 15.9. The zero-order chi connectivity index (χ0) is 18.8. The van der Waals surface area contributed by atoms with Gasteiger partial charge in [-0.2, -0.15) is 5.10 Å². The van der Waals surface area contributed by atoms with E-state index in [1.54, 1.807) is 0 Å². The molecule has 1 saturated heterocycles. The molecule has 5 nitrogen and oxygen atoms in total. The molecule has 140 valence electrons. The van der Waals surface area contributed by atoms with Crippen LogP contribution < -0.4 is 0 Å². The molecule has 26 heavy (non-hydrogen) atoms. The maximum Gasteiger partial charge on any atom is 0.227 e. The van der Waals surface area contributed by atoms with Gasteiger partial charge < -0.3 is 9.80 Å². The molecule has 2 heterocycles. The number of likely N-dealkylation sites (N-methyl/N-ethyl adjacent to an activating group) is 1. The molecule has 0 spiro atoms. The highest BCUT2D eigenvalue weighted by Gasteiger charge is 2.32. The molecule has 0 aliphatic carbocycles. The lowest BCUT2D eigenvalue weighted by Gasteiger charge is -2.41. The minimum atomic E-state index is -0.154. The molecule has 0 saturated carbocycles. The Bertz CT molecular complexity index is 774. The van der Waals surface area contributed by atoms with Gasteiger partial charge in [-0.3, -0.25) is 9.48 Å². The first kappa shape index (κ1) is 18.9. The van der Waals surface area contributed by atoms with Gasteiger partial charge >= 0.3 is 0 Å². The van der Waals surface area contributed by atoms with Crippen LogP contribution in [0, 0.1) is 19.8 Å². The van der Waals surface area contributed by atoms with Gasteiger partial charge in [0.05, 0.1) is 34.9 Å². The number of halogens is 1. The van der Waals surface area contributed by atoms with Crippen LogP contribution in [0.4, 0.5) is 0 Å². The Morgan fingerprint density at radius 2 is 1.96 bits per heavy atom. The van der Waals surface area contributed by atoms with Crippen LogP contribution in [0.15, 0.2) is 30.3 Å². The first-order chi connectivity index (χ1) is 12.4. The van der Waals surface area contributed by atoms with Crippen molar-refractivity contribution in [2.24, 2.45) is 5.92 Å². The smallest absolute Gasteiger partial charge is 0.227 e. The highest BCUT2D eigenvalue weighted by molar-refractivity contribution is 6.31. The number of aromatic nitrogens is 2. The van der Waals surface area contributed by atoms with Crippen molar-refractivity contribution >= 4 is 17.5 Å². The van der Waals surface area contributed by atoms with E-state index in [1.165, 1.54) is 5.56 Å². The summed E-state index contributed by atoms with van der Waals surface area (Å²) in [6, 6.07) is 10.4. The van der Waals surface area contributed by atoms with Crippen LogP contribution in [-0.4, -0.2) is 52.2 Å². The first-order valence-electron chi connectivity index (χ1n) is 9.12. The van der Waals surface area contributed by atoms with Crippen molar-refractivity contribution in [2.75, 3.05) is 26.7 Å². The molecule has 1 fully saturated rings. The van der Waals surface area contributed by atoms with E-state index in [1.807, 2.05) is 48.6 Å². The summed E-state index contributed by atoms with van der Waals surface area (Å²) in [6.45, 7) is 8.87. The van der Waals surface area contributed by atoms with Crippen LogP contribution in [0.3, 0.4) is 0 Å². The van der Waals surface area contributed by atoms with Crippen LogP contribution in [0.1, 0.15) is 29.9 Å². The number of benzene rings is 1. The summed E-state index contributed by atoms with van der Waals surface area (Å²) in [5.74, 6) is 0.0225. The molecular weight excluding hydrogens is 348 g/mol. The Hall–Kier alpha value is -1.85. The average Bonchev–Trinajstić information content (AvgIpc) is 2.88. The summed E-state index contributed by atoms with van der Waals surface area (Å²) in [5.41, 5.74) is 2.92. The molecule has 0 N–H and O–H groups in total. The van der Waals surface area contributed by atoms with Gasteiger partial charge in [-0.25, -0.2) is 0 Å². The van der Waals surface area contributed by atoms with Crippen LogP contribution >= 0.6 is 11.6 Å². The molecule has 1 aromatic carbocycles. The van der Waals surface area contributed by atoms with E-state index in [4.69, 9.17) is 11.6 Å². The summed E-state index contributed by atoms with van der Waals surface area (Å²) in [7, 11) is 2.11. The standard InChI is InChI=1S/C20H27ClN4O/c1-14(12-25-16(3)19(21)15(2)22-25)20(26)24-11-10-23(4)13-18(24)17-8-6-5-7-9-17/h5-9,14,18H,10-13H2,1-4H3/t14-,18-/m0/s1. The number of rotatable bonds is 4. The molecule has 0 radical (unpaired) electrons. The number of amides is 1. The summed E-state index contributed by atoms with van der Waals surface area (Å²) >= 11 is 6.25. The van der Waals surface area contributed by atoms with E-state index in [0.29, 0.717) is 11.6 Å². The second-order valence-electron chi connectivity index (χ2n) is 7.29. The Morgan fingerprint density at radius 3 is 2.58 bits per heavy atom. The Kier molecular flexibility index (Phi) is 5.68. The predicted octanol–water partition coefficient (Wildman–Crippen LogP) is 3.30. The summed E-state index contributed by atoms with van der Waals surface area (Å²) in [4.78, 5) is 17.5. The van der Waals surface area contributed by atoms with Crippen LogP contribution in [0.25, 0.3) is 0 Å². The predicted molar refractivity (Wildman–Crippen MR) is 104 cm³/mol. The third-order valence-electron chi connectivity index (χ3n) is 5.21. The lowest BCUT2D eigenvalue weighted by molar-refractivity contribution is -0.140. The number of aryl methyl sites for hydroxylation is 1. The number of nitrogens with zero attached hydrogens (tertiary/aromatic N) is 4. The van der Waals surface area contributed by atoms with E-state index >= 15 is 0 Å². The molecule has 1 aromatic heterocycles. The highest BCUT2D eigenvalue weighted by atomic mass is 35.5. The van der Waals surface area contributed by atoms with Gasteiger partial charge in [0, 0.05) is 19.6 Å². The molecular formula is C20H27ClN4O. The van der Waals surface area contributed by atoms with Crippen molar-refractivity contribution in [1.29, 1.82) is 0 Å². The molecule has 1 aliphatic heterocycles. The van der Waals surface area contributed by atoms with Gasteiger partial charge in [0.25, 0.3) is 0 Å². The lowest BCUT2D eigenvalue weighted by atomic mass is 10.00. The summed E-state index contributed by atoms with van der Waals surface area (Å²) < 4.78 is 1.85. The van der Waals surface area contributed by atoms with Crippen molar-refractivity contribution < 1.29 is 4.79 Å². The van der Waals surface area contributed by atoms with E-state index in [9.17, 15) is 4.79 Å². The average molecular weight is 375 g/mol. The van der Waals surface area contributed by atoms with E-state index in [2.05, 4.69) is 29.2 Å².